The van der Waals surface area contributed by atoms with Crippen LogP contribution in [-0.4, -0.2) is 42.4 Å². The predicted molar refractivity (Wildman–Crippen MR) is 111 cm³/mol. The fourth-order valence-corrected chi connectivity index (χ4v) is 4.00. The Labute approximate surface area is 164 Å². The summed E-state index contributed by atoms with van der Waals surface area (Å²) in [5.41, 5.74) is 1.29. The van der Waals surface area contributed by atoms with Crippen LogP contribution in [0.3, 0.4) is 0 Å². The van der Waals surface area contributed by atoms with Crippen LogP contribution >= 0.6 is 11.3 Å². The van der Waals surface area contributed by atoms with E-state index in [1.165, 1.54) is 37.1 Å². The maximum Gasteiger partial charge on any atom is 0.265 e. The van der Waals surface area contributed by atoms with Crippen molar-refractivity contribution in [2.24, 2.45) is 0 Å². The van der Waals surface area contributed by atoms with Gasteiger partial charge in [0.1, 0.15) is 0 Å². The van der Waals surface area contributed by atoms with Crippen LogP contribution in [0.2, 0.25) is 0 Å². The van der Waals surface area contributed by atoms with E-state index in [2.05, 4.69) is 22.5 Å². The van der Waals surface area contributed by atoms with Crippen molar-refractivity contribution in [1.82, 2.24) is 10.2 Å². The summed E-state index contributed by atoms with van der Waals surface area (Å²) in [4.78, 5) is 27.5. The van der Waals surface area contributed by atoms with Gasteiger partial charge in [0.2, 0.25) is 0 Å². The molecule has 144 valence electrons. The molecule has 6 heteroatoms. The minimum atomic E-state index is -0.130. The molecular weight excluding hydrogens is 358 g/mol. The lowest BCUT2D eigenvalue weighted by Crippen LogP contribution is -2.39. The van der Waals surface area contributed by atoms with Gasteiger partial charge in [-0.25, -0.2) is 0 Å². The Kier molecular flexibility index (Phi) is 7.01. The Bertz CT molecular complexity index is 743. The smallest absolute Gasteiger partial charge is 0.265 e. The van der Waals surface area contributed by atoms with Crippen molar-refractivity contribution >= 4 is 28.8 Å². The average Bonchev–Trinajstić information content (AvgIpc) is 3.22. The minimum absolute atomic E-state index is 0.0715. The minimum Gasteiger partial charge on any atom is -0.352 e. The Morgan fingerprint density at radius 2 is 1.96 bits per heavy atom. The van der Waals surface area contributed by atoms with Crippen molar-refractivity contribution in [2.75, 3.05) is 25.0 Å². The Morgan fingerprint density at radius 1 is 1.15 bits per heavy atom. The number of hydrogen-bond acceptors (Lipinski definition) is 4. The number of nitrogens with zero attached hydrogens (tertiary/aromatic N) is 1. The van der Waals surface area contributed by atoms with Gasteiger partial charge in [-0.1, -0.05) is 12.5 Å². The molecule has 5 nitrogen and oxygen atoms in total. The number of piperidine rings is 1. The lowest BCUT2D eigenvalue weighted by Gasteiger charge is -2.33. The second kappa shape index (κ2) is 9.67. The van der Waals surface area contributed by atoms with Crippen LogP contribution < -0.4 is 10.6 Å². The zero-order valence-electron chi connectivity index (χ0n) is 15.7. The molecule has 2 N–H and O–H groups in total. The predicted octanol–water partition coefficient (Wildman–Crippen LogP) is 3.99. The molecule has 2 aromatic rings. The Balaban J connectivity index is 1.41. The molecule has 0 aliphatic carbocycles. The SMILES string of the molecule is CC1CCCCN1CCCNC(=O)c1ccc(NC(=O)c2cccs2)cc1. The van der Waals surface area contributed by atoms with E-state index < -0.39 is 0 Å². The van der Waals surface area contributed by atoms with Crippen LogP contribution in [0.4, 0.5) is 5.69 Å². The van der Waals surface area contributed by atoms with Crippen molar-refractivity contribution in [3.8, 4) is 0 Å². The number of rotatable bonds is 7. The van der Waals surface area contributed by atoms with Crippen molar-refractivity contribution < 1.29 is 9.59 Å². The summed E-state index contributed by atoms with van der Waals surface area (Å²) in [5.74, 6) is -0.202. The van der Waals surface area contributed by atoms with Gasteiger partial charge in [-0.15, -0.1) is 11.3 Å². The van der Waals surface area contributed by atoms with Gasteiger partial charge in [-0.05, 0) is 68.4 Å². The molecule has 1 aromatic carbocycles. The summed E-state index contributed by atoms with van der Waals surface area (Å²) in [5, 5.41) is 7.69. The molecule has 1 aliphatic heterocycles. The molecule has 1 fully saturated rings. The fraction of sp³-hybridized carbons (Fsp3) is 0.429. The first-order valence-corrected chi connectivity index (χ1v) is 10.5. The van der Waals surface area contributed by atoms with Gasteiger partial charge in [-0.3, -0.25) is 9.59 Å². The maximum absolute atomic E-state index is 12.3. The van der Waals surface area contributed by atoms with Crippen LogP contribution in [0.1, 0.15) is 52.6 Å². The quantitative estimate of drug-likeness (QED) is 0.709. The third kappa shape index (κ3) is 5.65. The van der Waals surface area contributed by atoms with Crippen LogP contribution in [0, 0.1) is 0 Å². The van der Waals surface area contributed by atoms with E-state index in [-0.39, 0.29) is 11.8 Å². The Hall–Kier alpha value is -2.18. The summed E-state index contributed by atoms with van der Waals surface area (Å²) >= 11 is 1.40. The first-order valence-electron chi connectivity index (χ1n) is 9.60. The highest BCUT2D eigenvalue weighted by molar-refractivity contribution is 7.12. The summed E-state index contributed by atoms with van der Waals surface area (Å²) in [6.07, 6.45) is 4.86. The van der Waals surface area contributed by atoms with Gasteiger partial charge in [-0.2, -0.15) is 0 Å². The number of likely N-dealkylation sites (tertiary alicyclic amines) is 1. The molecular formula is C21H27N3O2S. The molecule has 1 aromatic heterocycles. The molecule has 2 amide bonds. The van der Waals surface area contributed by atoms with Crippen LogP contribution in [-0.2, 0) is 0 Å². The number of thiophene rings is 1. The van der Waals surface area contributed by atoms with Gasteiger partial charge in [0.25, 0.3) is 11.8 Å². The van der Waals surface area contributed by atoms with E-state index in [0.29, 0.717) is 28.7 Å². The molecule has 0 saturated carbocycles. The molecule has 1 unspecified atom stereocenters. The topological polar surface area (TPSA) is 61.4 Å². The lowest BCUT2D eigenvalue weighted by molar-refractivity contribution is 0.0948. The molecule has 1 saturated heterocycles. The molecule has 0 radical (unpaired) electrons. The second-order valence-corrected chi connectivity index (χ2v) is 7.95. The number of anilines is 1. The Morgan fingerprint density at radius 3 is 2.67 bits per heavy atom. The molecule has 2 heterocycles. The molecule has 27 heavy (non-hydrogen) atoms. The van der Waals surface area contributed by atoms with Gasteiger partial charge in [0, 0.05) is 30.4 Å². The third-order valence-electron chi connectivity index (χ3n) is 5.00. The number of hydrogen-bond donors (Lipinski definition) is 2. The highest BCUT2D eigenvalue weighted by Gasteiger charge is 2.17. The van der Waals surface area contributed by atoms with Crippen molar-refractivity contribution in [3.05, 3.63) is 52.2 Å². The molecule has 0 spiro atoms. The number of benzene rings is 1. The van der Waals surface area contributed by atoms with Crippen LogP contribution in [0.5, 0.6) is 0 Å². The zero-order chi connectivity index (χ0) is 19.1. The van der Waals surface area contributed by atoms with Gasteiger partial charge in [0.05, 0.1) is 4.88 Å². The normalized spacial score (nSPS) is 17.4. The first kappa shape index (κ1) is 19.6. The first-order chi connectivity index (χ1) is 13.1. The van der Waals surface area contributed by atoms with Crippen LogP contribution in [0.15, 0.2) is 41.8 Å². The molecule has 3 rings (SSSR count). The van der Waals surface area contributed by atoms with Gasteiger partial charge >= 0.3 is 0 Å². The van der Waals surface area contributed by atoms with Crippen molar-refractivity contribution in [3.63, 3.8) is 0 Å². The van der Waals surface area contributed by atoms with E-state index in [1.807, 2.05) is 11.4 Å². The zero-order valence-corrected chi connectivity index (χ0v) is 16.6. The largest absolute Gasteiger partial charge is 0.352 e. The molecule has 0 bridgehead atoms. The van der Waals surface area contributed by atoms with Gasteiger partial charge in [0.15, 0.2) is 0 Å². The summed E-state index contributed by atoms with van der Waals surface area (Å²) in [6, 6.07) is 11.3. The lowest BCUT2D eigenvalue weighted by atomic mass is 10.0. The van der Waals surface area contributed by atoms with Gasteiger partial charge < -0.3 is 15.5 Å². The monoisotopic (exact) mass is 385 g/mol. The average molecular weight is 386 g/mol. The van der Waals surface area contributed by atoms with Crippen molar-refractivity contribution in [2.45, 2.75) is 38.6 Å². The second-order valence-electron chi connectivity index (χ2n) is 7.00. The third-order valence-corrected chi connectivity index (χ3v) is 5.87. The molecule has 1 atom stereocenters. The van der Waals surface area contributed by atoms with Crippen LogP contribution in [0.25, 0.3) is 0 Å². The number of amides is 2. The van der Waals surface area contributed by atoms with E-state index in [9.17, 15) is 9.59 Å². The summed E-state index contributed by atoms with van der Waals surface area (Å²) in [6.45, 7) is 5.18. The van der Waals surface area contributed by atoms with E-state index >= 15 is 0 Å². The highest BCUT2D eigenvalue weighted by atomic mass is 32.1. The summed E-state index contributed by atoms with van der Waals surface area (Å²) < 4.78 is 0. The molecule has 1 aliphatic rings. The number of nitrogens with one attached hydrogen (secondary N) is 2. The van der Waals surface area contributed by atoms with E-state index in [1.54, 1.807) is 30.3 Å². The summed E-state index contributed by atoms with van der Waals surface area (Å²) in [7, 11) is 0. The van der Waals surface area contributed by atoms with E-state index in [0.717, 1.165) is 13.0 Å². The standard InChI is InChI=1S/C21H27N3O2S/c1-16-6-2-3-13-24(16)14-5-12-22-20(25)17-8-10-18(11-9-17)23-21(26)19-7-4-15-27-19/h4,7-11,15-16H,2-3,5-6,12-14H2,1H3,(H,22,25)(H,23,26). The number of carbonyl (C=O) groups is 2. The van der Waals surface area contributed by atoms with E-state index in [4.69, 9.17) is 0 Å². The fourth-order valence-electron chi connectivity index (χ4n) is 3.38. The number of carbonyl (C=O) groups excluding carboxylic acids is 2. The van der Waals surface area contributed by atoms with Crippen molar-refractivity contribution in [1.29, 1.82) is 0 Å². The highest BCUT2D eigenvalue weighted by Crippen LogP contribution is 2.16. The maximum atomic E-state index is 12.3.